The predicted molar refractivity (Wildman–Crippen MR) is 73.6 cm³/mol. The second-order valence-corrected chi connectivity index (χ2v) is 5.86. The first kappa shape index (κ1) is 14.0. The Kier molecular flexibility index (Phi) is 4.90. The molecule has 1 fully saturated rings. The van der Waals surface area contributed by atoms with E-state index in [2.05, 4.69) is 9.97 Å². The zero-order valence-corrected chi connectivity index (χ0v) is 11.7. The van der Waals surface area contributed by atoms with Crippen LogP contribution in [0.3, 0.4) is 0 Å². The van der Waals surface area contributed by atoms with E-state index in [-0.39, 0.29) is 11.0 Å². The Morgan fingerprint density at radius 1 is 1.53 bits per heavy atom. The Balaban J connectivity index is 1.78. The molecule has 1 aliphatic heterocycles. The first-order valence-corrected chi connectivity index (χ1v) is 7.29. The number of nitrogens with zero attached hydrogens (tertiary/aromatic N) is 3. The Morgan fingerprint density at radius 3 is 3.05 bits per heavy atom. The van der Waals surface area contributed by atoms with Crippen molar-refractivity contribution in [2.75, 3.05) is 18.8 Å². The average molecular weight is 279 g/mol. The molecule has 1 aromatic rings. The fraction of sp³-hybridized carbons (Fsp3) is 0.538. The maximum absolute atomic E-state index is 11.8. The fourth-order valence-corrected chi connectivity index (χ4v) is 2.82. The molecule has 6 heteroatoms. The highest BCUT2D eigenvalue weighted by molar-refractivity contribution is 8.13. The van der Waals surface area contributed by atoms with E-state index in [0.717, 1.165) is 24.4 Å². The lowest BCUT2D eigenvalue weighted by Gasteiger charge is -2.15. The smallest absolute Gasteiger partial charge is 0.222 e. The van der Waals surface area contributed by atoms with Crippen LogP contribution in [-0.4, -0.2) is 44.7 Å². The summed E-state index contributed by atoms with van der Waals surface area (Å²) in [5.41, 5.74) is 0.900. The Morgan fingerprint density at radius 2 is 2.37 bits per heavy atom. The minimum Gasteiger partial charge on any atom is -0.342 e. The topological polar surface area (TPSA) is 63.2 Å². The van der Waals surface area contributed by atoms with Gasteiger partial charge in [0, 0.05) is 57.2 Å². The lowest BCUT2D eigenvalue weighted by Crippen LogP contribution is -2.28. The molecule has 1 aliphatic rings. The molecule has 0 aromatic carbocycles. The molecule has 0 N–H and O–H groups in total. The number of rotatable bonds is 5. The molecular formula is C13H17N3O2S. The second-order valence-electron chi connectivity index (χ2n) is 4.66. The van der Waals surface area contributed by atoms with Crippen molar-refractivity contribution in [3.63, 3.8) is 0 Å². The minimum absolute atomic E-state index is 0.116. The van der Waals surface area contributed by atoms with E-state index >= 15 is 0 Å². The van der Waals surface area contributed by atoms with Crippen molar-refractivity contribution >= 4 is 22.8 Å². The number of hydrogen-bond acceptors (Lipinski definition) is 5. The van der Waals surface area contributed by atoms with Gasteiger partial charge in [-0.05, 0) is 5.92 Å². The third-order valence-electron chi connectivity index (χ3n) is 3.07. The molecule has 102 valence electrons. The molecule has 0 spiro atoms. The zero-order valence-electron chi connectivity index (χ0n) is 10.9. The molecule has 1 atom stereocenters. The van der Waals surface area contributed by atoms with Gasteiger partial charge in [-0.15, -0.1) is 0 Å². The summed E-state index contributed by atoms with van der Waals surface area (Å²) in [5, 5.41) is 0.116. The van der Waals surface area contributed by atoms with Gasteiger partial charge in [0.1, 0.15) is 0 Å². The van der Waals surface area contributed by atoms with Gasteiger partial charge >= 0.3 is 0 Å². The molecule has 2 rings (SSSR count). The molecule has 1 saturated heterocycles. The number of carbonyl (C=O) groups is 2. The van der Waals surface area contributed by atoms with Gasteiger partial charge in [-0.25, -0.2) is 0 Å². The number of thioether (sulfide) groups is 1. The molecule has 0 bridgehead atoms. The Hall–Kier alpha value is -1.43. The van der Waals surface area contributed by atoms with Gasteiger partial charge in [-0.2, -0.15) is 0 Å². The van der Waals surface area contributed by atoms with Crippen molar-refractivity contribution in [2.45, 2.75) is 19.8 Å². The minimum atomic E-state index is 0.116. The summed E-state index contributed by atoms with van der Waals surface area (Å²) in [6.07, 6.45) is 6.31. The standard InChI is InChI=1S/C13H17N3O2S/c1-10(17)19-9-11-6-13(18)16(8-11)5-2-12-7-14-3-4-15-12/h3-4,7,11H,2,5-6,8-9H2,1H3. The van der Waals surface area contributed by atoms with Crippen LogP contribution in [0, 0.1) is 5.92 Å². The lowest BCUT2D eigenvalue weighted by molar-refractivity contribution is -0.127. The summed E-state index contributed by atoms with van der Waals surface area (Å²) in [5.74, 6) is 1.21. The van der Waals surface area contributed by atoms with E-state index in [4.69, 9.17) is 0 Å². The molecule has 0 aliphatic carbocycles. The van der Waals surface area contributed by atoms with Crippen molar-refractivity contribution < 1.29 is 9.59 Å². The van der Waals surface area contributed by atoms with E-state index in [1.165, 1.54) is 11.8 Å². The van der Waals surface area contributed by atoms with Crippen LogP contribution in [0.2, 0.25) is 0 Å². The highest BCUT2D eigenvalue weighted by Crippen LogP contribution is 2.22. The lowest BCUT2D eigenvalue weighted by atomic mass is 10.1. The maximum atomic E-state index is 11.8. The molecule has 1 unspecified atom stereocenters. The normalized spacial score (nSPS) is 18.9. The average Bonchev–Trinajstić information content (AvgIpc) is 2.76. The molecule has 2 heterocycles. The largest absolute Gasteiger partial charge is 0.342 e. The quantitative estimate of drug-likeness (QED) is 0.809. The Labute approximate surface area is 116 Å². The summed E-state index contributed by atoms with van der Waals surface area (Å²) < 4.78 is 0. The van der Waals surface area contributed by atoms with E-state index in [9.17, 15) is 9.59 Å². The zero-order chi connectivity index (χ0) is 13.7. The van der Waals surface area contributed by atoms with Gasteiger partial charge in [0.15, 0.2) is 5.12 Å². The molecule has 0 radical (unpaired) electrons. The highest BCUT2D eigenvalue weighted by Gasteiger charge is 2.29. The number of likely N-dealkylation sites (tertiary alicyclic amines) is 1. The van der Waals surface area contributed by atoms with Crippen LogP contribution in [0.5, 0.6) is 0 Å². The fourth-order valence-electron chi connectivity index (χ4n) is 2.13. The SMILES string of the molecule is CC(=O)SCC1CC(=O)N(CCc2cnccn2)C1. The highest BCUT2D eigenvalue weighted by atomic mass is 32.2. The van der Waals surface area contributed by atoms with Gasteiger partial charge in [-0.3, -0.25) is 19.6 Å². The number of hydrogen-bond donors (Lipinski definition) is 0. The van der Waals surface area contributed by atoms with Crippen LogP contribution >= 0.6 is 11.8 Å². The van der Waals surface area contributed by atoms with Gasteiger partial charge in [0.05, 0.1) is 5.69 Å². The van der Waals surface area contributed by atoms with Crippen LogP contribution in [0.1, 0.15) is 19.0 Å². The second kappa shape index (κ2) is 6.65. The van der Waals surface area contributed by atoms with Crippen molar-refractivity contribution in [3.05, 3.63) is 24.3 Å². The van der Waals surface area contributed by atoms with Crippen LogP contribution in [0.25, 0.3) is 0 Å². The van der Waals surface area contributed by atoms with Crippen molar-refractivity contribution in [1.82, 2.24) is 14.9 Å². The third-order valence-corrected chi connectivity index (χ3v) is 4.12. The molecule has 1 aromatic heterocycles. The van der Waals surface area contributed by atoms with Gasteiger partial charge in [0.25, 0.3) is 0 Å². The third kappa shape index (κ3) is 4.31. The van der Waals surface area contributed by atoms with E-state index in [1.807, 2.05) is 4.90 Å². The first-order chi connectivity index (χ1) is 9.15. The van der Waals surface area contributed by atoms with Crippen molar-refractivity contribution in [2.24, 2.45) is 5.92 Å². The molecule has 5 nitrogen and oxygen atoms in total. The molecule has 0 saturated carbocycles. The molecular weight excluding hydrogens is 262 g/mol. The molecule has 19 heavy (non-hydrogen) atoms. The van der Waals surface area contributed by atoms with Gasteiger partial charge < -0.3 is 4.90 Å². The number of carbonyl (C=O) groups excluding carboxylic acids is 2. The summed E-state index contributed by atoms with van der Waals surface area (Å²) in [6, 6.07) is 0. The van der Waals surface area contributed by atoms with Crippen LogP contribution in [-0.2, 0) is 16.0 Å². The maximum Gasteiger partial charge on any atom is 0.222 e. The monoisotopic (exact) mass is 279 g/mol. The van der Waals surface area contributed by atoms with E-state index in [0.29, 0.717) is 18.9 Å². The summed E-state index contributed by atoms with van der Waals surface area (Å²) in [4.78, 5) is 32.8. The molecule has 1 amide bonds. The van der Waals surface area contributed by atoms with E-state index in [1.54, 1.807) is 25.5 Å². The number of amides is 1. The van der Waals surface area contributed by atoms with Crippen molar-refractivity contribution in [1.29, 1.82) is 0 Å². The van der Waals surface area contributed by atoms with Crippen LogP contribution < -0.4 is 0 Å². The number of aromatic nitrogens is 2. The van der Waals surface area contributed by atoms with Crippen LogP contribution in [0.15, 0.2) is 18.6 Å². The summed E-state index contributed by atoms with van der Waals surface area (Å²) in [6.45, 7) is 2.99. The van der Waals surface area contributed by atoms with Gasteiger partial charge in [-0.1, -0.05) is 11.8 Å². The summed E-state index contributed by atoms with van der Waals surface area (Å²) >= 11 is 1.31. The van der Waals surface area contributed by atoms with Crippen molar-refractivity contribution in [3.8, 4) is 0 Å². The van der Waals surface area contributed by atoms with Crippen LogP contribution in [0.4, 0.5) is 0 Å². The predicted octanol–water partition coefficient (Wildman–Crippen LogP) is 1.15. The summed E-state index contributed by atoms with van der Waals surface area (Å²) in [7, 11) is 0. The first-order valence-electron chi connectivity index (χ1n) is 6.31. The van der Waals surface area contributed by atoms with E-state index < -0.39 is 0 Å². The Bertz CT molecular complexity index is 452. The van der Waals surface area contributed by atoms with Gasteiger partial charge in [0.2, 0.25) is 5.91 Å².